The van der Waals surface area contributed by atoms with Crippen LogP contribution in [0.5, 0.6) is 5.75 Å². The van der Waals surface area contributed by atoms with Gasteiger partial charge in [0.15, 0.2) is 0 Å². The molecule has 1 aromatic rings. The lowest BCUT2D eigenvalue weighted by Crippen LogP contribution is -2.43. The number of ether oxygens (including phenoxy) is 2. The molecule has 124 valence electrons. The number of carbonyl (C=O) groups is 1. The van der Waals surface area contributed by atoms with Crippen molar-refractivity contribution in [1.29, 1.82) is 0 Å². The highest BCUT2D eigenvalue weighted by atomic mass is 35.5. The predicted octanol–water partition coefficient (Wildman–Crippen LogP) is 2.35. The van der Waals surface area contributed by atoms with E-state index in [2.05, 4.69) is 10.6 Å². The standard InChI is InChI=1S/C15H21FN2O3.ClH/c1-2-6-21-14-8-11(16)3-4-13(14)18-15(19)9-12-10-20-7-5-17-12;/h3-4,8,12,17H,2,5-7,9-10H2,1H3,(H,18,19);1H. The number of amides is 1. The van der Waals surface area contributed by atoms with Gasteiger partial charge in [0, 0.05) is 25.1 Å². The zero-order valence-electron chi connectivity index (χ0n) is 12.6. The van der Waals surface area contributed by atoms with Crippen molar-refractivity contribution in [3.63, 3.8) is 0 Å². The van der Waals surface area contributed by atoms with Gasteiger partial charge < -0.3 is 20.1 Å². The number of morpholine rings is 1. The quantitative estimate of drug-likeness (QED) is 0.839. The van der Waals surface area contributed by atoms with Gasteiger partial charge in [-0.1, -0.05) is 6.92 Å². The summed E-state index contributed by atoms with van der Waals surface area (Å²) < 4.78 is 24.0. The number of halogens is 2. The Balaban J connectivity index is 0.00000242. The Morgan fingerprint density at radius 1 is 1.55 bits per heavy atom. The molecule has 0 spiro atoms. The first-order valence-corrected chi connectivity index (χ1v) is 7.22. The number of anilines is 1. The molecule has 0 bridgehead atoms. The normalized spacial score (nSPS) is 17.5. The molecule has 1 fully saturated rings. The third-order valence-electron chi connectivity index (χ3n) is 3.11. The lowest BCUT2D eigenvalue weighted by atomic mass is 10.2. The summed E-state index contributed by atoms with van der Waals surface area (Å²) in [5, 5.41) is 5.98. The van der Waals surface area contributed by atoms with E-state index in [1.165, 1.54) is 18.2 Å². The number of benzene rings is 1. The Bertz CT molecular complexity index is 482. The summed E-state index contributed by atoms with van der Waals surface area (Å²) in [6, 6.07) is 4.12. The highest BCUT2D eigenvalue weighted by molar-refractivity contribution is 5.92. The molecule has 2 N–H and O–H groups in total. The van der Waals surface area contributed by atoms with E-state index in [4.69, 9.17) is 9.47 Å². The van der Waals surface area contributed by atoms with Crippen molar-refractivity contribution < 1.29 is 18.7 Å². The second-order valence-corrected chi connectivity index (χ2v) is 4.97. The summed E-state index contributed by atoms with van der Waals surface area (Å²) >= 11 is 0. The van der Waals surface area contributed by atoms with Crippen LogP contribution in [-0.2, 0) is 9.53 Å². The van der Waals surface area contributed by atoms with Crippen molar-refractivity contribution in [3.05, 3.63) is 24.0 Å². The van der Waals surface area contributed by atoms with Gasteiger partial charge in [0.05, 0.1) is 25.5 Å². The number of nitrogens with one attached hydrogen (secondary N) is 2. The Morgan fingerprint density at radius 2 is 2.36 bits per heavy atom. The summed E-state index contributed by atoms with van der Waals surface area (Å²) in [7, 11) is 0. The van der Waals surface area contributed by atoms with Crippen molar-refractivity contribution in [2.75, 3.05) is 31.7 Å². The molecule has 0 aliphatic carbocycles. The fraction of sp³-hybridized carbons (Fsp3) is 0.533. The van der Waals surface area contributed by atoms with E-state index in [-0.39, 0.29) is 30.2 Å². The van der Waals surface area contributed by atoms with Crippen LogP contribution < -0.4 is 15.4 Å². The van der Waals surface area contributed by atoms with E-state index in [1.807, 2.05) is 6.92 Å². The van der Waals surface area contributed by atoms with Crippen LogP contribution in [-0.4, -0.2) is 38.3 Å². The highest BCUT2D eigenvalue weighted by Gasteiger charge is 2.18. The van der Waals surface area contributed by atoms with Crippen LogP contribution in [0.3, 0.4) is 0 Å². The minimum Gasteiger partial charge on any atom is -0.491 e. The molecule has 0 radical (unpaired) electrons. The van der Waals surface area contributed by atoms with Gasteiger partial charge >= 0.3 is 0 Å². The second kappa shape index (κ2) is 9.61. The Hall–Kier alpha value is -1.37. The molecule has 1 heterocycles. The summed E-state index contributed by atoms with van der Waals surface area (Å²) in [4.78, 5) is 12.0. The van der Waals surface area contributed by atoms with E-state index in [9.17, 15) is 9.18 Å². The van der Waals surface area contributed by atoms with Gasteiger partial charge in [-0.2, -0.15) is 0 Å². The van der Waals surface area contributed by atoms with Crippen molar-refractivity contribution in [2.24, 2.45) is 0 Å². The van der Waals surface area contributed by atoms with Gasteiger partial charge in [0.25, 0.3) is 0 Å². The Kier molecular flexibility index (Phi) is 8.16. The second-order valence-electron chi connectivity index (χ2n) is 4.97. The zero-order valence-corrected chi connectivity index (χ0v) is 13.4. The molecule has 7 heteroatoms. The molecule has 5 nitrogen and oxygen atoms in total. The van der Waals surface area contributed by atoms with Gasteiger partial charge in [-0.05, 0) is 18.6 Å². The number of carbonyl (C=O) groups excluding carboxylic acids is 1. The lowest BCUT2D eigenvalue weighted by molar-refractivity contribution is -0.117. The minimum absolute atomic E-state index is 0. The summed E-state index contributed by atoms with van der Waals surface area (Å²) in [6.07, 6.45) is 1.12. The van der Waals surface area contributed by atoms with Crippen molar-refractivity contribution in [2.45, 2.75) is 25.8 Å². The molecular formula is C15H22ClFN2O3. The molecule has 1 aromatic carbocycles. The zero-order chi connectivity index (χ0) is 15.1. The highest BCUT2D eigenvalue weighted by Crippen LogP contribution is 2.26. The fourth-order valence-corrected chi connectivity index (χ4v) is 2.11. The molecule has 22 heavy (non-hydrogen) atoms. The van der Waals surface area contributed by atoms with Gasteiger partial charge in [0.1, 0.15) is 11.6 Å². The van der Waals surface area contributed by atoms with Gasteiger partial charge in [0.2, 0.25) is 5.91 Å². The van der Waals surface area contributed by atoms with Crippen molar-refractivity contribution >= 4 is 24.0 Å². The largest absolute Gasteiger partial charge is 0.491 e. The molecule has 1 saturated heterocycles. The lowest BCUT2D eigenvalue weighted by Gasteiger charge is -2.23. The van der Waals surface area contributed by atoms with Crippen LogP contribution >= 0.6 is 12.4 Å². The first-order chi connectivity index (χ1) is 10.2. The molecule has 1 aliphatic heterocycles. The van der Waals surface area contributed by atoms with Crippen molar-refractivity contribution in [3.8, 4) is 5.75 Å². The average molecular weight is 333 g/mol. The molecule has 1 atom stereocenters. The third kappa shape index (κ3) is 5.79. The molecular weight excluding hydrogens is 311 g/mol. The SMILES string of the molecule is CCCOc1cc(F)ccc1NC(=O)CC1COCCN1.Cl. The van der Waals surface area contributed by atoms with Crippen LogP contribution in [0.25, 0.3) is 0 Å². The monoisotopic (exact) mass is 332 g/mol. The summed E-state index contributed by atoms with van der Waals surface area (Å²) in [6.45, 7) is 4.39. The smallest absolute Gasteiger partial charge is 0.226 e. The maximum absolute atomic E-state index is 13.3. The molecule has 2 rings (SSSR count). The van der Waals surface area contributed by atoms with E-state index < -0.39 is 0 Å². The topological polar surface area (TPSA) is 59.6 Å². The van der Waals surface area contributed by atoms with E-state index in [0.717, 1.165) is 13.0 Å². The summed E-state index contributed by atoms with van der Waals surface area (Å²) in [5.74, 6) is -0.176. The van der Waals surface area contributed by atoms with Gasteiger partial charge in [-0.3, -0.25) is 4.79 Å². The first kappa shape index (κ1) is 18.7. The molecule has 1 aliphatic rings. The first-order valence-electron chi connectivity index (χ1n) is 7.22. The van der Waals surface area contributed by atoms with E-state index in [0.29, 0.717) is 37.7 Å². The maximum Gasteiger partial charge on any atom is 0.226 e. The van der Waals surface area contributed by atoms with Crippen LogP contribution in [0.4, 0.5) is 10.1 Å². The van der Waals surface area contributed by atoms with Gasteiger partial charge in [-0.25, -0.2) is 4.39 Å². The van der Waals surface area contributed by atoms with Crippen molar-refractivity contribution in [1.82, 2.24) is 5.32 Å². The third-order valence-corrected chi connectivity index (χ3v) is 3.11. The van der Waals surface area contributed by atoms with E-state index in [1.54, 1.807) is 0 Å². The summed E-state index contributed by atoms with van der Waals surface area (Å²) in [5.41, 5.74) is 0.492. The molecule has 0 saturated carbocycles. The Morgan fingerprint density at radius 3 is 3.05 bits per heavy atom. The average Bonchev–Trinajstić information content (AvgIpc) is 2.48. The van der Waals surface area contributed by atoms with Gasteiger partial charge in [-0.15, -0.1) is 12.4 Å². The number of hydrogen-bond acceptors (Lipinski definition) is 4. The minimum atomic E-state index is -0.388. The van der Waals surface area contributed by atoms with Crippen LogP contribution in [0, 0.1) is 5.82 Å². The fourth-order valence-electron chi connectivity index (χ4n) is 2.11. The maximum atomic E-state index is 13.3. The number of hydrogen-bond donors (Lipinski definition) is 2. The van der Waals surface area contributed by atoms with Crippen LogP contribution in [0.15, 0.2) is 18.2 Å². The predicted molar refractivity (Wildman–Crippen MR) is 85.3 cm³/mol. The Labute approximate surface area is 136 Å². The molecule has 1 unspecified atom stereocenters. The van der Waals surface area contributed by atoms with Crippen LogP contribution in [0.1, 0.15) is 19.8 Å². The van der Waals surface area contributed by atoms with E-state index >= 15 is 0 Å². The number of rotatable bonds is 6. The molecule has 0 aromatic heterocycles. The molecule has 1 amide bonds. The van der Waals surface area contributed by atoms with Crippen LogP contribution in [0.2, 0.25) is 0 Å².